The molecule has 0 radical (unpaired) electrons. The Bertz CT molecular complexity index is 521. The van der Waals surface area contributed by atoms with Crippen LogP contribution in [0.1, 0.15) is 32.3 Å². The summed E-state index contributed by atoms with van der Waals surface area (Å²) in [5.41, 5.74) is 0.674. The van der Waals surface area contributed by atoms with E-state index in [-0.39, 0.29) is 19.3 Å². The van der Waals surface area contributed by atoms with E-state index < -0.39 is 17.7 Å². The number of ketones is 1. The molecule has 0 saturated carbocycles. The Morgan fingerprint density at radius 3 is 2.70 bits per heavy atom. The molecular formula is C15H18O5. The molecule has 0 bridgehead atoms. The predicted octanol–water partition coefficient (Wildman–Crippen LogP) is 2.29. The summed E-state index contributed by atoms with van der Waals surface area (Å²) in [7, 11) is 0. The zero-order valence-electron chi connectivity index (χ0n) is 11.8. The van der Waals surface area contributed by atoms with Crippen molar-refractivity contribution in [1.82, 2.24) is 0 Å². The third-order valence-corrected chi connectivity index (χ3v) is 3.19. The number of hydrogen-bond donors (Lipinski definition) is 0. The van der Waals surface area contributed by atoms with Crippen LogP contribution < -0.4 is 9.47 Å². The summed E-state index contributed by atoms with van der Waals surface area (Å²) in [5.74, 6) is -0.851. The molecule has 20 heavy (non-hydrogen) atoms. The SMILES string of the molecule is CCOC(=O)C(=O)C(c1cccc2c1OCO2)C(C)C. The van der Waals surface area contributed by atoms with Gasteiger partial charge in [-0.1, -0.05) is 26.0 Å². The fourth-order valence-corrected chi connectivity index (χ4v) is 2.33. The molecule has 1 aromatic carbocycles. The summed E-state index contributed by atoms with van der Waals surface area (Å²) in [6.07, 6.45) is 0. The van der Waals surface area contributed by atoms with Crippen molar-refractivity contribution in [1.29, 1.82) is 0 Å². The monoisotopic (exact) mass is 278 g/mol. The highest BCUT2D eigenvalue weighted by Gasteiger charge is 2.34. The number of fused-ring (bicyclic) bond motifs is 1. The van der Waals surface area contributed by atoms with Gasteiger partial charge >= 0.3 is 5.97 Å². The second-order valence-corrected chi connectivity index (χ2v) is 4.89. The fraction of sp³-hybridized carbons (Fsp3) is 0.467. The van der Waals surface area contributed by atoms with Gasteiger partial charge in [0.1, 0.15) is 0 Å². The first-order chi connectivity index (χ1) is 9.56. The van der Waals surface area contributed by atoms with Gasteiger partial charge < -0.3 is 14.2 Å². The van der Waals surface area contributed by atoms with E-state index in [9.17, 15) is 9.59 Å². The summed E-state index contributed by atoms with van der Waals surface area (Å²) < 4.78 is 15.5. The van der Waals surface area contributed by atoms with Crippen LogP contribution in [0.3, 0.4) is 0 Å². The van der Waals surface area contributed by atoms with Crippen molar-refractivity contribution < 1.29 is 23.8 Å². The molecule has 1 aliphatic heterocycles. The zero-order valence-corrected chi connectivity index (χ0v) is 11.8. The van der Waals surface area contributed by atoms with Crippen LogP contribution >= 0.6 is 0 Å². The summed E-state index contributed by atoms with van der Waals surface area (Å²) >= 11 is 0. The van der Waals surface area contributed by atoms with Gasteiger partial charge in [0, 0.05) is 5.56 Å². The van der Waals surface area contributed by atoms with Crippen LogP contribution in [0.5, 0.6) is 11.5 Å². The molecule has 1 unspecified atom stereocenters. The molecule has 0 spiro atoms. The first-order valence-corrected chi connectivity index (χ1v) is 6.65. The summed E-state index contributed by atoms with van der Waals surface area (Å²) in [6, 6.07) is 5.35. The fourth-order valence-electron chi connectivity index (χ4n) is 2.33. The number of carbonyl (C=O) groups is 2. The van der Waals surface area contributed by atoms with Crippen LogP contribution in [-0.2, 0) is 14.3 Å². The number of para-hydroxylation sites is 1. The zero-order chi connectivity index (χ0) is 14.7. The molecule has 0 saturated heterocycles. The Balaban J connectivity index is 2.37. The van der Waals surface area contributed by atoms with Crippen molar-refractivity contribution >= 4 is 11.8 Å². The van der Waals surface area contributed by atoms with E-state index in [4.69, 9.17) is 14.2 Å². The van der Waals surface area contributed by atoms with Crippen LogP contribution in [-0.4, -0.2) is 25.2 Å². The maximum atomic E-state index is 12.3. The predicted molar refractivity (Wildman–Crippen MR) is 71.8 cm³/mol. The van der Waals surface area contributed by atoms with Crippen molar-refractivity contribution in [2.45, 2.75) is 26.7 Å². The Hall–Kier alpha value is -2.04. The number of ether oxygens (including phenoxy) is 3. The topological polar surface area (TPSA) is 61.8 Å². The van der Waals surface area contributed by atoms with Gasteiger partial charge in [-0.05, 0) is 18.9 Å². The third-order valence-electron chi connectivity index (χ3n) is 3.19. The standard InChI is InChI=1S/C15H18O5/c1-4-18-15(17)13(16)12(9(2)3)10-6-5-7-11-14(10)20-8-19-11/h5-7,9,12H,4,8H2,1-3H3. The van der Waals surface area contributed by atoms with Crippen LogP contribution in [0, 0.1) is 5.92 Å². The van der Waals surface area contributed by atoms with Crippen LogP contribution in [0.2, 0.25) is 0 Å². The molecule has 1 heterocycles. The van der Waals surface area contributed by atoms with Crippen molar-refractivity contribution in [2.24, 2.45) is 5.92 Å². The number of carbonyl (C=O) groups excluding carboxylic acids is 2. The van der Waals surface area contributed by atoms with E-state index >= 15 is 0 Å². The van der Waals surface area contributed by atoms with E-state index in [1.165, 1.54) is 0 Å². The van der Waals surface area contributed by atoms with Crippen molar-refractivity contribution in [2.75, 3.05) is 13.4 Å². The molecule has 5 heteroatoms. The largest absolute Gasteiger partial charge is 0.460 e. The maximum absolute atomic E-state index is 12.3. The van der Waals surface area contributed by atoms with Gasteiger partial charge in [-0.25, -0.2) is 4.79 Å². The van der Waals surface area contributed by atoms with Gasteiger partial charge in [-0.3, -0.25) is 4.79 Å². The molecule has 108 valence electrons. The second kappa shape index (κ2) is 5.94. The van der Waals surface area contributed by atoms with Gasteiger partial charge in [0.15, 0.2) is 11.5 Å². The first kappa shape index (κ1) is 14.4. The number of rotatable bonds is 5. The van der Waals surface area contributed by atoms with Gasteiger partial charge in [0.05, 0.1) is 12.5 Å². The normalized spacial score (nSPS) is 14.2. The molecular weight excluding hydrogens is 260 g/mol. The van der Waals surface area contributed by atoms with E-state index in [2.05, 4.69) is 0 Å². The highest BCUT2D eigenvalue weighted by molar-refractivity contribution is 6.36. The summed E-state index contributed by atoms with van der Waals surface area (Å²) in [5, 5.41) is 0. The van der Waals surface area contributed by atoms with Crippen molar-refractivity contribution in [3.05, 3.63) is 23.8 Å². The minimum Gasteiger partial charge on any atom is -0.460 e. The Kier molecular flexibility index (Phi) is 4.27. The average Bonchev–Trinajstić information content (AvgIpc) is 2.87. The first-order valence-electron chi connectivity index (χ1n) is 6.65. The van der Waals surface area contributed by atoms with E-state index in [0.717, 1.165) is 0 Å². The molecule has 0 aliphatic carbocycles. The lowest BCUT2D eigenvalue weighted by molar-refractivity contribution is -0.154. The minimum atomic E-state index is -0.803. The quantitative estimate of drug-likeness (QED) is 0.611. The second-order valence-electron chi connectivity index (χ2n) is 4.89. The molecule has 5 nitrogen and oxygen atoms in total. The lowest BCUT2D eigenvalue weighted by atomic mass is 9.84. The Morgan fingerprint density at radius 1 is 1.30 bits per heavy atom. The van der Waals surface area contributed by atoms with Crippen molar-refractivity contribution in [3.8, 4) is 11.5 Å². The van der Waals surface area contributed by atoms with Gasteiger partial charge in [-0.2, -0.15) is 0 Å². The molecule has 0 N–H and O–H groups in total. The lowest BCUT2D eigenvalue weighted by Crippen LogP contribution is -2.28. The molecule has 1 aliphatic rings. The number of esters is 1. The van der Waals surface area contributed by atoms with E-state index in [1.54, 1.807) is 25.1 Å². The summed E-state index contributed by atoms with van der Waals surface area (Å²) in [6.45, 7) is 5.76. The van der Waals surface area contributed by atoms with Crippen LogP contribution in [0.25, 0.3) is 0 Å². The number of hydrogen-bond acceptors (Lipinski definition) is 5. The molecule has 0 fully saturated rings. The van der Waals surface area contributed by atoms with Gasteiger partial charge in [0.2, 0.25) is 12.6 Å². The van der Waals surface area contributed by atoms with Crippen LogP contribution in [0.15, 0.2) is 18.2 Å². The van der Waals surface area contributed by atoms with E-state index in [0.29, 0.717) is 17.1 Å². The highest BCUT2D eigenvalue weighted by atomic mass is 16.7. The average molecular weight is 278 g/mol. The number of benzene rings is 1. The molecule has 0 aromatic heterocycles. The number of Topliss-reactive ketones (excluding diaryl/α,β-unsaturated/α-hetero) is 1. The highest BCUT2D eigenvalue weighted by Crippen LogP contribution is 2.41. The van der Waals surface area contributed by atoms with Crippen molar-refractivity contribution in [3.63, 3.8) is 0 Å². The summed E-state index contributed by atoms with van der Waals surface area (Å²) in [4.78, 5) is 24.0. The molecule has 1 aromatic rings. The molecule has 0 amide bonds. The Labute approximate surface area is 117 Å². The smallest absolute Gasteiger partial charge is 0.375 e. The third kappa shape index (κ3) is 2.61. The van der Waals surface area contributed by atoms with Gasteiger partial charge in [-0.15, -0.1) is 0 Å². The molecule has 2 rings (SSSR count). The lowest BCUT2D eigenvalue weighted by Gasteiger charge is -2.20. The van der Waals surface area contributed by atoms with E-state index in [1.807, 2.05) is 13.8 Å². The minimum absolute atomic E-state index is 0.0531. The Morgan fingerprint density at radius 2 is 2.05 bits per heavy atom. The maximum Gasteiger partial charge on any atom is 0.375 e. The molecule has 1 atom stereocenters. The van der Waals surface area contributed by atoms with Gasteiger partial charge in [0.25, 0.3) is 0 Å². The van der Waals surface area contributed by atoms with Crippen LogP contribution in [0.4, 0.5) is 0 Å².